The fourth-order valence-electron chi connectivity index (χ4n) is 7.58. The molecular formula is C27H37N3O2S. The van der Waals surface area contributed by atoms with Crippen LogP contribution in [0.5, 0.6) is 0 Å². The van der Waals surface area contributed by atoms with Crippen molar-refractivity contribution in [3.05, 3.63) is 23.3 Å². The average molecular weight is 468 g/mol. The van der Waals surface area contributed by atoms with Gasteiger partial charge in [0.25, 0.3) is 0 Å². The van der Waals surface area contributed by atoms with Crippen molar-refractivity contribution in [1.29, 1.82) is 0 Å². The molecule has 5 fully saturated rings. The largest absolute Gasteiger partial charge is 0.379 e. The molecule has 2 heterocycles. The highest BCUT2D eigenvalue weighted by atomic mass is 32.1. The average Bonchev–Trinajstić information content (AvgIpc) is 3.25. The van der Waals surface area contributed by atoms with Crippen molar-refractivity contribution in [2.45, 2.75) is 58.8 Å². The zero-order valence-electron chi connectivity index (χ0n) is 20.1. The van der Waals surface area contributed by atoms with Crippen molar-refractivity contribution in [3.8, 4) is 0 Å². The number of thiazole rings is 1. The Bertz CT molecular complexity index is 967. The molecule has 178 valence electrons. The maximum Gasteiger partial charge on any atom is 0.235 e. The molecule has 0 spiro atoms. The molecule has 6 heteroatoms. The Morgan fingerprint density at radius 3 is 2.36 bits per heavy atom. The Labute approximate surface area is 201 Å². The first kappa shape index (κ1) is 22.0. The van der Waals surface area contributed by atoms with Gasteiger partial charge in [-0.1, -0.05) is 23.5 Å². The van der Waals surface area contributed by atoms with Crippen molar-refractivity contribution >= 4 is 32.6 Å². The quantitative estimate of drug-likeness (QED) is 0.587. The summed E-state index contributed by atoms with van der Waals surface area (Å²) < 4.78 is 6.75. The van der Waals surface area contributed by atoms with Crippen molar-refractivity contribution in [2.24, 2.45) is 23.2 Å². The van der Waals surface area contributed by atoms with E-state index in [1.165, 1.54) is 35.1 Å². The molecule has 4 saturated carbocycles. The standard InChI is InChI=1S/C27H37N3O2S/c1-18-4-5-19(2)24-23(18)28-26(33-24)30(7-3-6-29-8-10-32-11-9-29)25(31)27-15-20-12-21(16-27)14-22(13-20)17-27/h4-5,20-22H,3,6-17H2,1-2H3. The topological polar surface area (TPSA) is 45.7 Å². The monoisotopic (exact) mass is 467 g/mol. The lowest BCUT2D eigenvalue weighted by Crippen LogP contribution is -2.55. The third-order valence-electron chi connectivity index (χ3n) is 8.86. The second kappa shape index (κ2) is 8.62. The van der Waals surface area contributed by atoms with Crippen LogP contribution in [-0.2, 0) is 9.53 Å². The van der Waals surface area contributed by atoms with E-state index in [4.69, 9.17) is 9.72 Å². The first-order valence-corrected chi connectivity index (χ1v) is 13.8. The second-order valence-electron chi connectivity index (χ2n) is 11.3. The number of rotatable bonds is 6. The summed E-state index contributed by atoms with van der Waals surface area (Å²) in [4.78, 5) is 24.1. The summed E-state index contributed by atoms with van der Waals surface area (Å²) in [6.07, 6.45) is 8.42. The number of nitrogens with zero attached hydrogens (tertiary/aromatic N) is 3. The lowest BCUT2D eigenvalue weighted by Gasteiger charge is -2.56. The SMILES string of the molecule is Cc1ccc(C)c2sc(N(CCCN3CCOCC3)C(=O)C34CC5CC(CC(C5)C3)C4)nc12. The second-order valence-corrected chi connectivity index (χ2v) is 12.3. The van der Waals surface area contributed by atoms with Gasteiger partial charge in [-0.05, 0) is 87.7 Å². The van der Waals surface area contributed by atoms with Gasteiger partial charge in [-0.3, -0.25) is 14.6 Å². The van der Waals surface area contributed by atoms with Crippen LogP contribution < -0.4 is 4.90 Å². The zero-order valence-corrected chi connectivity index (χ0v) is 21.0. The molecule has 0 radical (unpaired) electrons. The normalized spacial score (nSPS) is 31.4. The molecule has 4 aliphatic carbocycles. The van der Waals surface area contributed by atoms with Crippen LogP contribution >= 0.6 is 11.3 Å². The minimum absolute atomic E-state index is 0.129. The van der Waals surface area contributed by atoms with E-state index >= 15 is 0 Å². The molecule has 2 aromatic rings. The molecule has 33 heavy (non-hydrogen) atoms. The summed E-state index contributed by atoms with van der Waals surface area (Å²) in [6.45, 7) is 9.75. The first-order valence-electron chi connectivity index (χ1n) is 13.0. The Balaban J connectivity index is 1.30. The molecule has 1 saturated heterocycles. The summed E-state index contributed by atoms with van der Waals surface area (Å²) >= 11 is 1.72. The molecule has 1 aromatic heterocycles. The highest BCUT2D eigenvalue weighted by Crippen LogP contribution is 2.60. The molecule has 0 atom stereocenters. The van der Waals surface area contributed by atoms with Gasteiger partial charge in [-0.15, -0.1) is 0 Å². The van der Waals surface area contributed by atoms with E-state index < -0.39 is 0 Å². The van der Waals surface area contributed by atoms with Gasteiger partial charge in [0, 0.05) is 26.2 Å². The number of fused-ring (bicyclic) bond motifs is 1. The van der Waals surface area contributed by atoms with E-state index in [9.17, 15) is 4.79 Å². The van der Waals surface area contributed by atoms with Crippen LogP contribution in [0.15, 0.2) is 12.1 Å². The molecule has 0 N–H and O–H groups in total. The van der Waals surface area contributed by atoms with Crippen LogP contribution in [0.4, 0.5) is 5.13 Å². The molecular weight excluding hydrogens is 430 g/mol. The number of anilines is 1. The number of amides is 1. The summed E-state index contributed by atoms with van der Waals surface area (Å²) in [6, 6.07) is 4.34. The molecule has 5 nitrogen and oxygen atoms in total. The van der Waals surface area contributed by atoms with Gasteiger partial charge in [0.2, 0.25) is 5.91 Å². The van der Waals surface area contributed by atoms with E-state index in [2.05, 4.69) is 35.8 Å². The van der Waals surface area contributed by atoms with Crippen molar-refractivity contribution in [3.63, 3.8) is 0 Å². The predicted molar refractivity (Wildman–Crippen MR) is 134 cm³/mol. The van der Waals surface area contributed by atoms with Gasteiger partial charge in [0.05, 0.1) is 28.8 Å². The van der Waals surface area contributed by atoms with E-state index in [0.29, 0.717) is 5.91 Å². The van der Waals surface area contributed by atoms with Gasteiger partial charge in [-0.25, -0.2) is 4.98 Å². The van der Waals surface area contributed by atoms with Crippen LogP contribution in [0.2, 0.25) is 0 Å². The van der Waals surface area contributed by atoms with Crippen molar-refractivity contribution < 1.29 is 9.53 Å². The number of hydrogen-bond acceptors (Lipinski definition) is 5. The number of ether oxygens (including phenoxy) is 1. The molecule has 0 unspecified atom stereocenters. The van der Waals surface area contributed by atoms with E-state index in [0.717, 1.165) is 93.5 Å². The molecule has 1 aliphatic heterocycles. The summed E-state index contributed by atoms with van der Waals surface area (Å²) in [5.41, 5.74) is 3.41. The fourth-order valence-corrected chi connectivity index (χ4v) is 8.72. The molecule has 5 aliphatic rings. The predicted octanol–water partition coefficient (Wildman–Crippen LogP) is 5.18. The maximum atomic E-state index is 14.4. The lowest BCUT2D eigenvalue weighted by molar-refractivity contribution is -0.143. The summed E-state index contributed by atoms with van der Waals surface area (Å²) in [5, 5.41) is 0.921. The number of hydrogen-bond donors (Lipinski definition) is 0. The highest BCUT2D eigenvalue weighted by Gasteiger charge is 2.56. The van der Waals surface area contributed by atoms with Crippen LogP contribution in [0.3, 0.4) is 0 Å². The number of carbonyl (C=O) groups is 1. The Morgan fingerprint density at radius 2 is 1.73 bits per heavy atom. The smallest absolute Gasteiger partial charge is 0.235 e. The third kappa shape index (κ3) is 4.02. The molecule has 1 amide bonds. The lowest BCUT2D eigenvalue weighted by atomic mass is 9.49. The number of morpholine rings is 1. The minimum atomic E-state index is -0.129. The van der Waals surface area contributed by atoms with Crippen LogP contribution in [0.1, 0.15) is 56.1 Å². The van der Waals surface area contributed by atoms with Crippen molar-refractivity contribution in [2.75, 3.05) is 44.3 Å². The van der Waals surface area contributed by atoms with E-state index in [1.807, 2.05) is 0 Å². The summed E-state index contributed by atoms with van der Waals surface area (Å²) in [7, 11) is 0. The number of carbonyl (C=O) groups excluding carboxylic acids is 1. The number of aryl methyl sites for hydroxylation is 2. The van der Waals surface area contributed by atoms with Gasteiger partial charge in [0.15, 0.2) is 5.13 Å². The van der Waals surface area contributed by atoms with Crippen LogP contribution in [0, 0.1) is 37.0 Å². The summed E-state index contributed by atoms with van der Waals surface area (Å²) in [5.74, 6) is 2.71. The number of benzene rings is 1. The molecule has 4 bridgehead atoms. The van der Waals surface area contributed by atoms with Gasteiger partial charge in [-0.2, -0.15) is 0 Å². The van der Waals surface area contributed by atoms with E-state index in [1.54, 1.807) is 11.3 Å². The fraction of sp³-hybridized carbons (Fsp3) is 0.704. The Kier molecular flexibility index (Phi) is 5.74. The van der Waals surface area contributed by atoms with Gasteiger partial charge < -0.3 is 4.74 Å². The van der Waals surface area contributed by atoms with Crippen LogP contribution in [-0.4, -0.2) is 55.2 Å². The van der Waals surface area contributed by atoms with E-state index in [-0.39, 0.29) is 5.41 Å². The minimum Gasteiger partial charge on any atom is -0.379 e. The third-order valence-corrected chi connectivity index (χ3v) is 10.1. The Morgan fingerprint density at radius 1 is 1.09 bits per heavy atom. The van der Waals surface area contributed by atoms with Gasteiger partial charge >= 0.3 is 0 Å². The van der Waals surface area contributed by atoms with Crippen molar-refractivity contribution in [1.82, 2.24) is 9.88 Å². The Hall–Kier alpha value is -1.50. The highest BCUT2D eigenvalue weighted by molar-refractivity contribution is 7.22. The first-order chi connectivity index (χ1) is 16.0. The maximum absolute atomic E-state index is 14.4. The molecule has 7 rings (SSSR count). The number of aromatic nitrogens is 1. The van der Waals surface area contributed by atoms with Crippen LogP contribution in [0.25, 0.3) is 10.2 Å². The zero-order chi connectivity index (χ0) is 22.6. The van der Waals surface area contributed by atoms with Gasteiger partial charge in [0.1, 0.15) is 0 Å². The molecule has 1 aromatic carbocycles.